The van der Waals surface area contributed by atoms with Gasteiger partial charge in [-0.05, 0) is 11.1 Å². The van der Waals surface area contributed by atoms with Crippen molar-refractivity contribution in [3.05, 3.63) is 47.1 Å². The molecule has 0 spiro atoms. The molecule has 4 rings (SSSR count). The number of rotatable bonds is 1. The van der Waals surface area contributed by atoms with E-state index in [1.807, 2.05) is 5.51 Å². The van der Waals surface area contributed by atoms with E-state index in [-0.39, 0.29) is 0 Å². The van der Waals surface area contributed by atoms with Gasteiger partial charge >= 0.3 is 0 Å². The van der Waals surface area contributed by atoms with Crippen LogP contribution in [0.25, 0.3) is 21.5 Å². The van der Waals surface area contributed by atoms with Gasteiger partial charge in [-0.2, -0.15) is 0 Å². The molecular weight excluding hydrogens is 254 g/mol. The molecule has 94 valence electrons. The van der Waals surface area contributed by atoms with Gasteiger partial charge in [0.1, 0.15) is 0 Å². The largest absolute Gasteiger partial charge is 0.312 e. The van der Waals surface area contributed by atoms with Crippen LogP contribution < -0.4 is 5.32 Å². The predicted octanol–water partition coefficient (Wildman–Crippen LogP) is 3.00. The zero-order valence-corrected chi connectivity index (χ0v) is 11.2. The van der Waals surface area contributed by atoms with Crippen LogP contribution in [-0.2, 0) is 13.0 Å². The Labute approximate surface area is 115 Å². The van der Waals surface area contributed by atoms with Gasteiger partial charge in [-0.15, -0.1) is 11.3 Å². The Morgan fingerprint density at radius 3 is 2.95 bits per heavy atom. The zero-order valence-electron chi connectivity index (χ0n) is 10.4. The van der Waals surface area contributed by atoms with Gasteiger partial charge in [-0.25, -0.2) is 9.97 Å². The maximum atomic E-state index is 4.72. The van der Waals surface area contributed by atoms with Crippen LogP contribution >= 0.6 is 11.3 Å². The highest BCUT2D eigenvalue weighted by Crippen LogP contribution is 2.35. The lowest BCUT2D eigenvalue weighted by Crippen LogP contribution is -2.25. The van der Waals surface area contributed by atoms with Crippen LogP contribution in [0.5, 0.6) is 0 Å². The summed E-state index contributed by atoms with van der Waals surface area (Å²) in [7, 11) is 0. The average molecular weight is 267 g/mol. The van der Waals surface area contributed by atoms with Crippen LogP contribution in [0.2, 0.25) is 0 Å². The molecule has 3 nitrogen and oxygen atoms in total. The number of nitrogens with zero attached hydrogens (tertiary/aromatic N) is 2. The third-order valence-corrected chi connectivity index (χ3v) is 4.40. The fourth-order valence-electron chi connectivity index (χ4n) is 2.69. The molecule has 3 heterocycles. The number of nitrogens with one attached hydrogen (secondary N) is 1. The van der Waals surface area contributed by atoms with E-state index in [4.69, 9.17) is 4.98 Å². The summed E-state index contributed by atoms with van der Waals surface area (Å²) in [5.41, 5.74) is 7.91. The molecule has 0 aliphatic carbocycles. The quantitative estimate of drug-likeness (QED) is 0.736. The van der Waals surface area contributed by atoms with Crippen molar-refractivity contribution in [1.82, 2.24) is 15.3 Å². The van der Waals surface area contributed by atoms with Crippen molar-refractivity contribution in [2.24, 2.45) is 0 Å². The molecule has 0 saturated heterocycles. The van der Waals surface area contributed by atoms with Crippen molar-refractivity contribution in [3.63, 3.8) is 0 Å². The minimum Gasteiger partial charge on any atom is -0.312 e. The monoisotopic (exact) mass is 267 g/mol. The lowest BCUT2D eigenvalue weighted by atomic mass is 9.96. The van der Waals surface area contributed by atoms with Crippen molar-refractivity contribution >= 4 is 21.7 Å². The first-order valence-electron chi connectivity index (χ1n) is 6.44. The molecule has 0 amide bonds. The molecular formula is C15H13N3S. The Morgan fingerprint density at radius 1 is 1.16 bits per heavy atom. The second-order valence-electron chi connectivity index (χ2n) is 4.71. The van der Waals surface area contributed by atoms with Gasteiger partial charge in [0.05, 0.1) is 10.2 Å². The maximum Gasteiger partial charge on any atom is 0.171 e. The van der Waals surface area contributed by atoms with Crippen molar-refractivity contribution in [1.29, 1.82) is 0 Å². The van der Waals surface area contributed by atoms with Gasteiger partial charge in [0.2, 0.25) is 0 Å². The Balaban J connectivity index is 2.09. The van der Waals surface area contributed by atoms with Crippen LogP contribution in [0.4, 0.5) is 0 Å². The van der Waals surface area contributed by atoms with Gasteiger partial charge in [-0.1, -0.05) is 30.3 Å². The third-order valence-electron chi connectivity index (χ3n) is 3.57. The SMILES string of the molecule is c1ccc(-c2c3c(nc4ncsc24)CCNC3)cc1. The van der Waals surface area contributed by atoms with E-state index in [0.717, 1.165) is 25.2 Å². The molecule has 0 bridgehead atoms. The molecule has 4 heteroatoms. The molecule has 1 N–H and O–H groups in total. The topological polar surface area (TPSA) is 37.8 Å². The summed E-state index contributed by atoms with van der Waals surface area (Å²) in [6.45, 7) is 1.91. The molecule has 1 aliphatic heterocycles. The standard InChI is InChI=1S/C15H13N3S/c1-2-4-10(5-3-1)13-11-8-16-7-6-12(11)18-15-14(13)19-9-17-15/h1-5,9,16H,6-8H2. The Morgan fingerprint density at radius 2 is 2.05 bits per heavy atom. The highest BCUT2D eigenvalue weighted by atomic mass is 32.1. The summed E-state index contributed by atoms with van der Waals surface area (Å²) in [5.74, 6) is 0. The highest BCUT2D eigenvalue weighted by molar-refractivity contribution is 7.17. The van der Waals surface area contributed by atoms with Gasteiger partial charge in [-0.3, -0.25) is 0 Å². The highest BCUT2D eigenvalue weighted by Gasteiger charge is 2.20. The van der Waals surface area contributed by atoms with Crippen molar-refractivity contribution < 1.29 is 0 Å². The first kappa shape index (κ1) is 11.1. The lowest BCUT2D eigenvalue weighted by Gasteiger charge is -2.20. The minimum absolute atomic E-state index is 0.893. The van der Waals surface area contributed by atoms with Crippen molar-refractivity contribution in [3.8, 4) is 11.1 Å². The third kappa shape index (κ3) is 1.76. The van der Waals surface area contributed by atoms with E-state index in [2.05, 4.69) is 40.6 Å². The Kier molecular flexibility index (Phi) is 2.57. The summed E-state index contributed by atoms with van der Waals surface area (Å²) in [6, 6.07) is 10.6. The number of thiazole rings is 1. The maximum absolute atomic E-state index is 4.72. The Hall–Kier alpha value is -1.78. The van der Waals surface area contributed by atoms with Crippen LogP contribution in [-0.4, -0.2) is 16.5 Å². The van der Waals surface area contributed by atoms with Crippen LogP contribution in [0.1, 0.15) is 11.3 Å². The minimum atomic E-state index is 0.893. The van der Waals surface area contributed by atoms with Gasteiger partial charge in [0, 0.05) is 30.8 Å². The molecule has 0 atom stereocenters. The van der Waals surface area contributed by atoms with E-state index < -0.39 is 0 Å². The number of benzene rings is 1. The second-order valence-corrected chi connectivity index (χ2v) is 5.56. The molecule has 0 saturated carbocycles. The molecule has 1 aliphatic rings. The van der Waals surface area contributed by atoms with Crippen LogP contribution in [0, 0.1) is 0 Å². The molecule has 19 heavy (non-hydrogen) atoms. The second kappa shape index (κ2) is 4.40. The van der Waals surface area contributed by atoms with E-state index in [1.54, 1.807) is 11.3 Å². The van der Waals surface area contributed by atoms with E-state index in [9.17, 15) is 0 Å². The first-order valence-corrected chi connectivity index (χ1v) is 7.32. The summed E-state index contributed by atoms with van der Waals surface area (Å²) >= 11 is 1.68. The first-order chi connectivity index (χ1) is 9.43. The van der Waals surface area contributed by atoms with E-state index in [1.165, 1.54) is 27.1 Å². The predicted molar refractivity (Wildman–Crippen MR) is 78.3 cm³/mol. The molecule has 0 fully saturated rings. The fraction of sp³-hybridized carbons (Fsp3) is 0.200. The number of aromatic nitrogens is 2. The number of hydrogen-bond acceptors (Lipinski definition) is 4. The van der Waals surface area contributed by atoms with Crippen LogP contribution in [0.15, 0.2) is 35.8 Å². The summed E-state index contributed by atoms with van der Waals surface area (Å²) < 4.78 is 1.20. The number of pyridine rings is 1. The number of hydrogen-bond donors (Lipinski definition) is 1. The molecule has 3 aromatic rings. The number of fused-ring (bicyclic) bond motifs is 2. The van der Waals surface area contributed by atoms with Crippen molar-refractivity contribution in [2.45, 2.75) is 13.0 Å². The van der Waals surface area contributed by atoms with E-state index in [0.29, 0.717) is 0 Å². The summed E-state index contributed by atoms with van der Waals surface area (Å²) in [5, 5.41) is 3.45. The lowest BCUT2D eigenvalue weighted by molar-refractivity contribution is 0.634. The molecule has 0 radical (unpaired) electrons. The summed E-state index contributed by atoms with van der Waals surface area (Å²) in [4.78, 5) is 9.12. The summed E-state index contributed by atoms with van der Waals surface area (Å²) in [6.07, 6.45) is 0.989. The van der Waals surface area contributed by atoms with Crippen LogP contribution in [0.3, 0.4) is 0 Å². The van der Waals surface area contributed by atoms with Gasteiger partial charge in [0.15, 0.2) is 5.65 Å². The smallest absolute Gasteiger partial charge is 0.171 e. The average Bonchev–Trinajstić information content (AvgIpc) is 2.93. The fourth-order valence-corrected chi connectivity index (χ4v) is 3.52. The van der Waals surface area contributed by atoms with Gasteiger partial charge < -0.3 is 5.32 Å². The molecule has 1 aromatic carbocycles. The van der Waals surface area contributed by atoms with Crippen molar-refractivity contribution in [2.75, 3.05) is 6.54 Å². The molecule has 2 aromatic heterocycles. The van der Waals surface area contributed by atoms with Gasteiger partial charge in [0.25, 0.3) is 0 Å². The molecule has 0 unspecified atom stereocenters. The van der Waals surface area contributed by atoms with E-state index >= 15 is 0 Å². The Bertz CT molecular complexity index is 734. The zero-order chi connectivity index (χ0) is 12.7. The normalized spacial score (nSPS) is 14.5.